The van der Waals surface area contributed by atoms with Gasteiger partial charge in [0.2, 0.25) is 0 Å². The van der Waals surface area contributed by atoms with E-state index in [-0.39, 0.29) is 11.5 Å². The number of urea groups is 1. The highest BCUT2D eigenvalue weighted by Gasteiger charge is 2.17. The molecule has 0 fully saturated rings. The third-order valence-corrected chi connectivity index (χ3v) is 4.98. The van der Waals surface area contributed by atoms with Gasteiger partial charge in [0.25, 0.3) is 5.91 Å². The molecule has 0 atom stereocenters. The molecule has 3 amide bonds. The number of carbonyl (C=O) groups excluding carboxylic acids is 2. The van der Waals surface area contributed by atoms with Crippen molar-refractivity contribution < 1.29 is 29.0 Å². The number of amides is 3. The lowest BCUT2D eigenvalue weighted by Crippen LogP contribution is -2.22. The van der Waals surface area contributed by atoms with Crippen molar-refractivity contribution in [1.82, 2.24) is 9.97 Å². The van der Waals surface area contributed by atoms with Crippen molar-refractivity contribution >= 4 is 29.4 Å². The number of rotatable bonds is 10. The zero-order chi connectivity index (χ0) is 26.2. The Morgan fingerprint density at radius 1 is 0.865 bits per heavy atom. The summed E-state index contributed by atoms with van der Waals surface area (Å²) in [6.07, 6.45) is 0.297. The van der Waals surface area contributed by atoms with E-state index in [1.807, 2.05) is 30.3 Å². The topological polar surface area (TPSA) is 169 Å². The highest BCUT2D eigenvalue weighted by Crippen LogP contribution is 2.23. The van der Waals surface area contributed by atoms with Crippen LogP contribution in [-0.2, 0) is 11.2 Å². The first kappa shape index (κ1) is 24.8. The number of ether oxygens (including phenoxy) is 2. The lowest BCUT2D eigenvalue weighted by atomic mass is 10.1. The van der Waals surface area contributed by atoms with Crippen LogP contribution in [0.5, 0.6) is 17.2 Å². The van der Waals surface area contributed by atoms with E-state index >= 15 is 0 Å². The minimum atomic E-state index is -1.07. The average molecular weight is 501 g/mol. The summed E-state index contributed by atoms with van der Waals surface area (Å²) in [5.41, 5.74) is 6.71. The number of imidazole rings is 1. The molecule has 188 valence electrons. The van der Waals surface area contributed by atoms with E-state index in [1.54, 1.807) is 48.5 Å². The molecule has 0 spiro atoms. The van der Waals surface area contributed by atoms with Crippen LogP contribution in [0, 0.1) is 0 Å². The molecule has 0 aliphatic rings. The zero-order valence-electron chi connectivity index (χ0n) is 19.4. The standard InChI is InChI=1S/C26H23N5O6/c27-24(34)23-25(30-21(29-23)14-16-6-10-18(11-7-16)36-15-22(32)33)31-26(35)28-17-8-12-20(13-9-17)37-19-4-2-1-3-5-19/h1-13H,14-15H2,(H2,27,34)(H,29,30)(H,32,33)(H2,28,31,35). The summed E-state index contributed by atoms with van der Waals surface area (Å²) < 4.78 is 10.8. The Morgan fingerprint density at radius 2 is 1.51 bits per heavy atom. The normalized spacial score (nSPS) is 10.4. The van der Waals surface area contributed by atoms with Crippen LogP contribution in [0.15, 0.2) is 78.9 Å². The van der Waals surface area contributed by atoms with Crippen LogP contribution in [0.2, 0.25) is 0 Å². The number of nitrogens with one attached hydrogen (secondary N) is 3. The molecule has 0 saturated heterocycles. The monoisotopic (exact) mass is 501 g/mol. The van der Waals surface area contributed by atoms with E-state index in [4.69, 9.17) is 20.3 Å². The van der Waals surface area contributed by atoms with Crippen molar-refractivity contribution in [3.05, 3.63) is 95.9 Å². The van der Waals surface area contributed by atoms with Crippen LogP contribution < -0.4 is 25.8 Å². The van der Waals surface area contributed by atoms with Gasteiger partial charge in [-0.2, -0.15) is 0 Å². The number of primary amides is 1. The molecule has 0 aliphatic heterocycles. The minimum Gasteiger partial charge on any atom is -0.482 e. The first-order valence-corrected chi connectivity index (χ1v) is 11.1. The van der Waals surface area contributed by atoms with Gasteiger partial charge in [0, 0.05) is 12.1 Å². The lowest BCUT2D eigenvalue weighted by molar-refractivity contribution is -0.139. The lowest BCUT2D eigenvalue weighted by Gasteiger charge is -2.08. The Hall–Kier alpha value is -5.32. The van der Waals surface area contributed by atoms with Crippen molar-refractivity contribution in [2.45, 2.75) is 6.42 Å². The van der Waals surface area contributed by atoms with Crippen LogP contribution in [0.4, 0.5) is 16.3 Å². The maximum Gasteiger partial charge on any atom is 0.341 e. The fourth-order valence-electron chi connectivity index (χ4n) is 3.32. The highest BCUT2D eigenvalue weighted by molar-refractivity contribution is 6.04. The van der Waals surface area contributed by atoms with Gasteiger partial charge in [0.15, 0.2) is 12.4 Å². The predicted molar refractivity (Wildman–Crippen MR) is 135 cm³/mol. The molecular formula is C26H23N5O6. The van der Waals surface area contributed by atoms with Crippen molar-refractivity contribution in [3.63, 3.8) is 0 Å². The molecule has 0 unspecified atom stereocenters. The second-order valence-corrected chi connectivity index (χ2v) is 7.79. The molecule has 4 rings (SSSR count). The molecule has 0 radical (unpaired) electrons. The van der Waals surface area contributed by atoms with Crippen LogP contribution >= 0.6 is 0 Å². The Balaban J connectivity index is 1.37. The van der Waals surface area contributed by atoms with Gasteiger partial charge in [-0.3, -0.25) is 10.1 Å². The predicted octanol–water partition coefficient (Wildman–Crippen LogP) is 4.00. The van der Waals surface area contributed by atoms with E-state index in [0.29, 0.717) is 35.2 Å². The molecule has 11 heteroatoms. The third-order valence-electron chi connectivity index (χ3n) is 4.98. The summed E-state index contributed by atoms with van der Waals surface area (Å²) in [4.78, 5) is 42.2. The molecule has 1 aromatic heterocycles. The number of carbonyl (C=O) groups is 3. The van der Waals surface area contributed by atoms with E-state index in [0.717, 1.165) is 5.56 Å². The average Bonchev–Trinajstić information content (AvgIpc) is 3.27. The summed E-state index contributed by atoms with van der Waals surface area (Å²) in [6, 6.07) is 22.2. The Morgan fingerprint density at radius 3 is 2.16 bits per heavy atom. The van der Waals surface area contributed by atoms with Gasteiger partial charge in [0.1, 0.15) is 28.8 Å². The third kappa shape index (κ3) is 7.09. The Labute approximate surface area is 211 Å². The molecule has 0 bridgehead atoms. The molecule has 1 heterocycles. The van der Waals surface area contributed by atoms with Crippen molar-refractivity contribution in [1.29, 1.82) is 0 Å². The number of aliphatic carboxylic acids is 1. The maximum atomic E-state index is 12.5. The molecule has 3 aromatic carbocycles. The zero-order valence-corrected chi connectivity index (χ0v) is 19.4. The molecule has 37 heavy (non-hydrogen) atoms. The molecule has 0 saturated carbocycles. The first-order chi connectivity index (χ1) is 17.9. The maximum absolute atomic E-state index is 12.5. The van der Waals surface area contributed by atoms with E-state index in [2.05, 4.69) is 20.6 Å². The van der Waals surface area contributed by atoms with Crippen LogP contribution in [0.25, 0.3) is 0 Å². The number of aromatic nitrogens is 2. The SMILES string of the molecule is NC(=O)c1[nH]c(Cc2ccc(OCC(=O)O)cc2)nc1NC(=O)Nc1ccc(Oc2ccccc2)cc1. The summed E-state index contributed by atoms with van der Waals surface area (Å²) in [5.74, 6) is 0.229. The number of anilines is 2. The number of para-hydroxylation sites is 1. The van der Waals surface area contributed by atoms with Gasteiger partial charge in [0.05, 0.1) is 0 Å². The molecule has 11 nitrogen and oxygen atoms in total. The summed E-state index contributed by atoms with van der Waals surface area (Å²) in [7, 11) is 0. The Bertz CT molecular complexity index is 1390. The van der Waals surface area contributed by atoms with Crippen LogP contribution in [-0.4, -0.2) is 39.6 Å². The molecule has 4 aromatic rings. The van der Waals surface area contributed by atoms with Gasteiger partial charge >= 0.3 is 12.0 Å². The number of hydrogen-bond acceptors (Lipinski definition) is 6. The van der Waals surface area contributed by atoms with Crippen molar-refractivity contribution in [2.24, 2.45) is 5.73 Å². The number of hydrogen-bond donors (Lipinski definition) is 5. The van der Waals surface area contributed by atoms with Crippen LogP contribution in [0.3, 0.4) is 0 Å². The summed E-state index contributed by atoms with van der Waals surface area (Å²) in [6.45, 7) is -0.442. The van der Waals surface area contributed by atoms with Gasteiger partial charge < -0.3 is 30.6 Å². The van der Waals surface area contributed by atoms with E-state index in [9.17, 15) is 14.4 Å². The number of nitrogens with two attached hydrogens (primary N) is 1. The van der Waals surface area contributed by atoms with Gasteiger partial charge in [-0.05, 0) is 54.1 Å². The second-order valence-electron chi connectivity index (χ2n) is 7.79. The number of nitrogens with zero attached hydrogens (tertiary/aromatic N) is 1. The van der Waals surface area contributed by atoms with E-state index in [1.165, 1.54) is 0 Å². The molecular weight excluding hydrogens is 478 g/mol. The molecule has 6 N–H and O–H groups in total. The number of benzene rings is 3. The summed E-state index contributed by atoms with van der Waals surface area (Å²) >= 11 is 0. The highest BCUT2D eigenvalue weighted by atomic mass is 16.5. The number of aromatic amines is 1. The van der Waals surface area contributed by atoms with Crippen molar-refractivity contribution in [2.75, 3.05) is 17.2 Å². The second kappa shape index (κ2) is 11.4. The fraction of sp³-hybridized carbons (Fsp3) is 0.0769. The minimum absolute atomic E-state index is 0.00885. The van der Waals surface area contributed by atoms with Gasteiger partial charge in [-0.15, -0.1) is 0 Å². The fourth-order valence-corrected chi connectivity index (χ4v) is 3.32. The largest absolute Gasteiger partial charge is 0.482 e. The smallest absolute Gasteiger partial charge is 0.341 e. The molecule has 0 aliphatic carbocycles. The van der Waals surface area contributed by atoms with Crippen molar-refractivity contribution in [3.8, 4) is 17.2 Å². The first-order valence-electron chi connectivity index (χ1n) is 11.1. The number of H-pyrrole nitrogens is 1. The number of carboxylic acids is 1. The summed E-state index contributed by atoms with van der Waals surface area (Å²) in [5, 5.41) is 13.9. The van der Waals surface area contributed by atoms with Gasteiger partial charge in [-0.25, -0.2) is 14.6 Å². The Kier molecular flexibility index (Phi) is 7.64. The quantitative estimate of drug-likeness (QED) is 0.219. The van der Waals surface area contributed by atoms with Gasteiger partial charge in [-0.1, -0.05) is 30.3 Å². The van der Waals surface area contributed by atoms with Crippen LogP contribution in [0.1, 0.15) is 21.9 Å². The number of carboxylic acid groups (broad SMARTS) is 1. The van der Waals surface area contributed by atoms with E-state index < -0.39 is 24.5 Å².